The van der Waals surface area contributed by atoms with Gasteiger partial charge < -0.3 is 16.0 Å². The van der Waals surface area contributed by atoms with Crippen molar-refractivity contribution in [2.45, 2.75) is 31.8 Å². The number of anilines is 1. The van der Waals surface area contributed by atoms with Crippen LogP contribution in [0, 0.1) is 0 Å². The summed E-state index contributed by atoms with van der Waals surface area (Å²) in [5.41, 5.74) is 12.2. The summed E-state index contributed by atoms with van der Waals surface area (Å²) in [6.07, 6.45) is 3.15. The van der Waals surface area contributed by atoms with Crippen molar-refractivity contribution in [3.8, 4) is 0 Å². The number of nitrogens with zero attached hydrogens (tertiary/aromatic N) is 1. The Hall–Kier alpha value is -2.75. The summed E-state index contributed by atoms with van der Waals surface area (Å²) in [6.45, 7) is 5.87. The van der Waals surface area contributed by atoms with Crippen molar-refractivity contribution < 1.29 is 4.79 Å². The molecule has 1 amide bonds. The van der Waals surface area contributed by atoms with Gasteiger partial charge >= 0.3 is 0 Å². The third-order valence-corrected chi connectivity index (χ3v) is 5.22. The molecule has 0 bridgehead atoms. The molecule has 128 valence electrons. The van der Waals surface area contributed by atoms with E-state index in [1.165, 1.54) is 22.4 Å². The van der Waals surface area contributed by atoms with E-state index in [4.69, 9.17) is 5.73 Å². The summed E-state index contributed by atoms with van der Waals surface area (Å²) in [7, 11) is 0. The van der Waals surface area contributed by atoms with Crippen molar-refractivity contribution in [1.29, 1.82) is 0 Å². The fourth-order valence-electron chi connectivity index (χ4n) is 3.82. The van der Waals surface area contributed by atoms with Gasteiger partial charge in [0, 0.05) is 30.0 Å². The number of nitrogens with one attached hydrogen (secondary N) is 1. The molecular weight excluding hydrogens is 310 g/mol. The van der Waals surface area contributed by atoms with Gasteiger partial charge in [-0.3, -0.25) is 4.79 Å². The largest absolute Gasteiger partial charge is 0.382 e. The van der Waals surface area contributed by atoms with Crippen LogP contribution in [0.1, 0.15) is 45.9 Å². The normalized spacial score (nSPS) is 19.0. The summed E-state index contributed by atoms with van der Waals surface area (Å²) >= 11 is 0. The van der Waals surface area contributed by atoms with Gasteiger partial charge in [0.1, 0.15) is 0 Å². The first kappa shape index (κ1) is 15.8. The molecule has 2 aromatic carbocycles. The Balaban J connectivity index is 1.47. The molecule has 4 nitrogen and oxygen atoms in total. The molecule has 2 aromatic rings. The Morgan fingerprint density at radius 2 is 2.00 bits per heavy atom. The van der Waals surface area contributed by atoms with E-state index in [9.17, 15) is 4.79 Å². The van der Waals surface area contributed by atoms with Crippen molar-refractivity contribution in [3.63, 3.8) is 0 Å². The predicted molar refractivity (Wildman–Crippen MR) is 100 cm³/mol. The molecule has 0 aromatic heterocycles. The summed E-state index contributed by atoms with van der Waals surface area (Å²) in [6, 6.07) is 15.0. The highest BCUT2D eigenvalue weighted by atomic mass is 16.1. The topological polar surface area (TPSA) is 58.4 Å². The molecule has 0 aliphatic carbocycles. The van der Waals surface area contributed by atoms with Crippen LogP contribution >= 0.6 is 0 Å². The van der Waals surface area contributed by atoms with Gasteiger partial charge in [-0.15, -0.1) is 0 Å². The zero-order valence-electron chi connectivity index (χ0n) is 14.3. The van der Waals surface area contributed by atoms with Crippen molar-refractivity contribution in [3.05, 3.63) is 77.0 Å². The molecule has 1 unspecified atom stereocenters. The Labute approximate surface area is 148 Å². The van der Waals surface area contributed by atoms with Gasteiger partial charge in [-0.25, -0.2) is 0 Å². The number of nitrogens with two attached hydrogens (primary N) is 1. The van der Waals surface area contributed by atoms with Crippen LogP contribution in [0.15, 0.2) is 54.7 Å². The number of amides is 1. The van der Waals surface area contributed by atoms with Gasteiger partial charge in [-0.2, -0.15) is 0 Å². The van der Waals surface area contributed by atoms with E-state index >= 15 is 0 Å². The average molecular weight is 333 g/mol. The molecule has 1 fully saturated rings. The molecule has 4 heteroatoms. The van der Waals surface area contributed by atoms with Crippen molar-refractivity contribution in [2.24, 2.45) is 5.73 Å². The van der Waals surface area contributed by atoms with Crippen LogP contribution in [0.5, 0.6) is 0 Å². The van der Waals surface area contributed by atoms with Gasteiger partial charge in [0.25, 0.3) is 0 Å². The van der Waals surface area contributed by atoms with Gasteiger partial charge in [0.2, 0.25) is 5.91 Å². The van der Waals surface area contributed by atoms with Crippen LogP contribution in [0.3, 0.4) is 0 Å². The molecule has 0 saturated carbocycles. The maximum absolute atomic E-state index is 11.3. The SMILES string of the molecule is C=C1CCC(c2ccc(CN3CCc4cc(C(N)=O)ccc43)cc2)N1. The fraction of sp³-hybridized carbons (Fsp3) is 0.286. The lowest BCUT2D eigenvalue weighted by Crippen LogP contribution is -2.20. The summed E-state index contributed by atoms with van der Waals surface area (Å²) in [5, 5.41) is 3.45. The van der Waals surface area contributed by atoms with Gasteiger partial charge in [0.05, 0.1) is 6.04 Å². The number of rotatable bonds is 4. The Bertz CT molecular complexity index is 826. The zero-order valence-corrected chi connectivity index (χ0v) is 14.3. The number of carbonyl (C=O) groups excluding carboxylic acids is 1. The van der Waals surface area contributed by atoms with Crippen LogP contribution in [0.4, 0.5) is 5.69 Å². The number of carbonyl (C=O) groups is 1. The zero-order chi connectivity index (χ0) is 17.4. The minimum Gasteiger partial charge on any atom is -0.382 e. The second kappa shape index (κ2) is 6.28. The Kier molecular flexibility index (Phi) is 3.96. The Morgan fingerprint density at radius 3 is 2.68 bits per heavy atom. The second-order valence-electron chi connectivity index (χ2n) is 6.96. The van der Waals surface area contributed by atoms with Crippen LogP contribution in [0.25, 0.3) is 0 Å². The molecule has 2 aliphatic rings. The van der Waals surface area contributed by atoms with E-state index in [-0.39, 0.29) is 5.91 Å². The minimum absolute atomic E-state index is 0.361. The molecule has 0 spiro atoms. The molecule has 2 heterocycles. The summed E-state index contributed by atoms with van der Waals surface area (Å²) in [5.74, 6) is -0.361. The maximum atomic E-state index is 11.3. The maximum Gasteiger partial charge on any atom is 0.248 e. The molecule has 2 aliphatic heterocycles. The van der Waals surface area contributed by atoms with Crippen LogP contribution < -0.4 is 16.0 Å². The first-order chi connectivity index (χ1) is 12.1. The van der Waals surface area contributed by atoms with Gasteiger partial charge in [0.15, 0.2) is 0 Å². The lowest BCUT2D eigenvalue weighted by molar-refractivity contribution is 0.1000. The van der Waals surface area contributed by atoms with E-state index < -0.39 is 0 Å². The third kappa shape index (κ3) is 3.12. The number of hydrogen-bond donors (Lipinski definition) is 2. The number of allylic oxidation sites excluding steroid dienone is 1. The quantitative estimate of drug-likeness (QED) is 0.903. The highest BCUT2D eigenvalue weighted by Gasteiger charge is 2.21. The van der Waals surface area contributed by atoms with E-state index in [2.05, 4.69) is 41.1 Å². The second-order valence-corrected chi connectivity index (χ2v) is 6.96. The van der Waals surface area contributed by atoms with E-state index in [1.54, 1.807) is 0 Å². The number of primary amides is 1. The van der Waals surface area contributed by atoms with Crippen LogP contribution in [-0.4, -0.2) is 12.5 Å². The highest BCUT2D eigenvalue weighted by Crippen LogP contribution is 2.31. The lowest BCUT2D eigenvalue weighted by Gasteiger charge is -2.20. The van der Waals surface area contributed by atoms with E-state index in [0.717, 1.165) is 38.0 Å². The molecule has 0 radical (unpaired) electrons. The first-order valence-electron chi connectivity index (χ1n) is 8.81. The molecule has 25 heavy (non-hydrogen) atoms. The smallest absolute Gasteiger partial charge is 0.248 e. The number of benzene rings is 2. The van der Waals surface area contributed by atoms with Gasteiger partial charge in [-0.1, -0.05) is 30.8 Å². The van der Waals surface area contributed by atoms with E-state index in [1.807, 2.05) is 18.2 Å². The standard InChI is InChI=1S/C21H23N3O/c1-14-2-8-19(23-14)16-5-3-15(4-6-16)13-24-11-10-17-12-18(21(22)25)7-9-20(17)24/h3-7,9,12,19,23H,1-2,8,10-11,13H2,(H2,22,25). The third-order valence-electron chi connectivity index (χ3n) is 5.22. The lowest BCUT2D eigenvalue weighted by atomic mass is 10.0. The first-order valence-corrected chi connectivity index (χ1v) is 8.81. The van der Waals surface area contributed by atoms with Crippen molar-refractivity contribution >= 4 is 11.6 Å². The van der Waals surface area contributed by atoms with Crippen LogP contribution in [-0.2, 0) is 13.0 Å². The summed E-state index contributed by atoms with van der Waals surface area (Å²) < 4.78 is 0. The average Bonchev–Trinajstić information content (AvgIpc) is 3.22. The summed E-state index contributed by atoms with van der Waals surface area (Å²) in [4.78, 5) is 13.7. The molecule has 1 atom stereocenters. The molecular formula is C21H23N3O. The van der Waals surface area contributed by atoms with E-state index in [0.29, 0.717) is 11.6 Å². The predicted octanol–water partition coefficient (Wildman–Crippen LogP) is 3.29. The molecule has 4 rings (SSSR count). The monoisotopic (exact) mass is 333 g/mol. The Morgan fingerprint density at radius 1 is 1.20 bits per heavy atom. The highest BCUT2D eigenvalue weighted by molar-refractivity contribution is 5.93. The number of fused-ring (bicyclic) bond motifs is 1. The minimum atomic E-state index is -0.361. The van der Waals surface area contributed by atoms with Crippen molar-refractivity contribution in [2.75, 3.05) is 11.4 Å². The van der Waals surface area contributed by atoms with Crippen molar-refractivity contribution in [1.82, 2.24) is 5.32 Å². The van der Waals surface area contributed by atoms with Gasteiger partial charge in [-0.05, 0) is 54.2 Å². The molecule has 3 N–H and O–H groups in total. The number of hydrogen-bond acceptors (Lipinski definition) is 3. The van der Waals surface area contributed by atoms with Crippen LogP contribution in [0.2, 0.25) is 0 Å². The molecule has 1 saturated heterocycles. The fourth-order valence-corrected chi connectivity index (χ4v) is 3.82.